The molecule has 10 rings (SSSR count). The maximum absolute atomic E-state index is 15.4. The monoisotopic (exact) mass is 877 g/mol. The van der Waals surface area contributed by atoms with Crippen LogP contribution in [-0.4, -0.2) is 134 Å². The molecule has 0 spiro atoms. The topological polar surface area (TPSA) is 178 Å². The predicted molar refractivity (Wildman–Crippen MR) is 239 cm³/mol. The Labute approximate surface area is 373 Å². The number of likely N-dealkylation sites (tertiary alicyclic amines) is 1. The molecule has 332 valence electrons. The summed E-state index contributed by atoms with van der Waals surface area (Å²) in [7, 11) is 0. The Bertz CT molecular complexity index is 2850. The lowest BCUT2D eigenvalue weighted by molar-refractivity contribution is -0.136. The molecule has 3 saturated heterocycles. The molecule has 6 aromatic rings. The SMILES string of the molecule is O=C1CCC(N2C(=O)c3ccc(N4CCN(CCC5CCN(CCNC(=O)c6ccc(-c7cnc8ncc(Cc9ccc%10ncccc%10c9)n8n7)cc6F)CC5)CC4)cc3C2=O)C(=O)N1. The van der Waals surface area contributed by atoms with Crippen LogP contribution in [0.15, 0.2) is 85.3 Å². The number of amides is 5. The van der Waals surface area contributed by atoms with Crippen LogP contribution in [0.3, 0.4) is 0 Å². The molecule has 5 amide bonds. The number of imidazole rings is 1. The average molecular weight is 878 g/mol. The van der Waals surface area contributed by atoms with E-state index in [-0.39, 0.29) is 24.0 Å². The van der Waals surface area contributed by atoms with Gasteiger partial charge in [0.25, 0.3) is 23.5 Å². The Hall–Kier alpha value is -6.98. The van der Waals surface area contributed by atoms with Crippen molar-refractivity contribution in [3.8, 4) is 11.3 Å². The minimum atomic E-state index is -0.980. The molecule has 0 bridgehead atoms. The van der Waals surface area contributed by atoms with Gasteiger partial charge in [-0.2, -0.15) is 5.10 Å². The van der Waals surface area contributed by atoms with Crippen molar-refractivity contribution in [3.05, 3.63) is 119 Å². The third kappa shape index (κ3) is 8.68. The molecule has 7 heterocycles. The molecule has 1 unspecified atom stereocenters. The summed E-state index contributed by atoms with van der Waals surface area (Å²) in [4.78, 5) is 84.9. The number of nitrogens with one attached hydrogen (secondary N) is 2. The number of hydrogen-bond acceptors (Lipinski definition) is 12. The fourth-order valence-corrected chi connectivity index (χ4v) is 9.55. The third-order valence-electron chi connectivity index (χ3n) is 13.3. The van der Waals surface area contributed by atoms with E-state index in [1.165, 1.54) is 12.1 Å². The Morgan fingerprint density at radius 2 is 1.60 bits per heavy atom. The molecule has 4 aliphatic rings. The predicted octanol–water partition coefficient (Wildman–Crippen LogP) is 4.12. The van der Waals surface area contributed by atoms with Gasteiger partial charge in [0.1, 0.15) is 17.6 Å². The first kappa shape index (κ1) is 42.0. The molecule has 2 N–H and O–H groups in total. The minimum Gasteiger partial charge on any atom is -0.369 e. The van der Waals surface area contributed by atoms with Gasteiger partial charge in [-0.15, -0.1) is 0 Å². The van der Waals surface area contributed by atoms with Gasteiger partial charge < -0.3 is 15.1 Å². The second kappa shape index (κ2) is 17.9. The smallest absolute Gasteiger partial charge is 0.262 e. The Balaban J connectivity index is 0.650. The number of piperidine rings is 2. The van der Waals surface area contributed by atoms with E-state index in [1.54, 1.807) is 41.3 Å². The molecule has 3 fully saturated rings. The maximum Gasteiger partial charge on any atom is 0.262 e. The highest BCUT2D eigenvalue weighted by Gasteiger charge is 2.45. The maximum atomic E-state index is 15.4. The van der Waals surface area contributed by atoms with E-state index in [0.717, 1.165) is 97.8 Å². The summed E-state index contributed by atoms with van der Waals surface area (Å²) < 4.78 is 17.1. The van der Waals surface area contributed by atoms with E-state index in [4.69, 9.17) is 5.10 Å². The van der Waals surface area contributed by atoms with Gasteiger partial charge >= 0.3 is 0 Å². The number of imide groups is 2. The van der Waals surface area contributed by atoms with Crippen LogP contribution in [0.5, 0.6) is 0 Å². The molecule has 3 aromatic heterocycles. The lowest BCUT2D eigenvalue weighted by atomic mass is 9.93. The summed E-state index contributed by atoms with van der Waals surface area (Å²) in [5, 5.41) is 10.9. The molecule has 17 heteroatoms. The number of carbonyl (C=O) groups is 5. The fourth-order valence-electron chi connectivity index (χ4n) is 9.55. The molecule has 4 aliphatic heterocycles. The molecular weight excluding hydrogens is 830 g/mol. The van der Waals surface area contributed by atoms with Gasteiger partial charge in [0.05, 0.1) is 40.3 Å². The largest absolute Gasteiger partial charge is 0.369 e. The van der Waals surface area contributed by atoms with Gasteiger partial charge in [-0.1, -0.05) is 18.2 Å². The number of halogens is 1. The van der Waals surface area contributed by atoms with E-state index in [2.05, 4.69) is 46.4 Å². The molecule has 0 radical (unpaired) electrons. The fraction of sp³-hybridized carbons (Fsp3) is 0.354. The molecular formula is C48H48FN11O5. The average Bonchev–Trinajstić information content (AvgIpc) is 3.84. The number of hydrogen-bond donors (Lipinski definition) is 2. The van der Waals surface area contributed by atoms with Gasteiger partial charge in [0, 0.05) is 74.9 Å². The summed E-state index contributed by atoms with van der Waals surface area (Å²) >= 11 is 0. The lowest BCUT2D eigenvalue weighted by Gasteiger charge is -2.37. The van der Waals surface area contributed by atoms with Crippen LogP contribution in [0.25, 0.3) is 27.9 Å². The van der Waals surface area contributed by atoms with Crippen LogP contribution < -0.4 is 15.5 Å². The number of fused-ring (bicyclic) bond motifs is 3. The standard InChI is InChI=1S/C48H48FN11O5/c49-39-26-33(41-29-53-48-52-28-35(60(48)55-41)25-31-3-8-40-32(24-31)2-1-14-50-40)4-6-37(39)44(62)51-15-19-56-16-11-30(12-17-56)13-18-57-20-22-58(23-21-57)34-5-7-36-38(27-34)47(65)59(46(36)64)42-9-10-43(61)54-45(42)63/h1-8,14,24,26-30,42H,9-13,15-23,25H2,(H,51,62)(H,54,61,63). The second-order valence-electron chi connectivity index (χ2n) is 17.3. The molecule has 0 saturated carbocycles. The zero-order chi connectivity index (χ0) is 44.6. The van der Waals surface area contributed by atoms with Crippen LogP contribution in [0.4, 0.5) is 10.1 Å². The van der Waals surface area contributed by atoms with E-state index in [1.807, 2.05) is 30.3 Å². The highest BCUT2D eigenvalue weighted by Crippen LogP contribution is 2.31. The first-order valence-electron chi connectivity index (χ1n) is 22.3. The van der Waals surface area contributed by atoms with Gasteiger partial charge in [-0.05, 0) is 105 Å². The Morgan fingerprint density at radius 1 is 0.800 bits per heavy atom. The number of anilines is 1. The molecule has 65 heavy (non-hydrogen) atoms. The van der Waals surface area contributed by atoms with Crippen molar-refractivity contribution in [2.75, 3.05) is 63.8 Å². The summed E-state index contributed by atoms with van der Waals surface area (Å²) in [5.41, 5.74) is 5.24. The Kier molecular flexibility index (Phi) is 11.6. The molecule has 1 atom stereocenters. The van der Waals surface area contributed by atoms with Crippen LogP contribution in [0, 0.1) is 11.7 Å². The van der Waals surface area contributed by atoms with E-state index >= 15 is 4.39 Å². The quantitative estimate of drug-likeness (QED) is 0.168. The third-order valence-corrected chi connectivity index (χ3v) is 13.3. The number of rotatable bonds is 12. The van der Waals surface area contributed by atoms with Crippen LogP contribution >= 0.6 is 0 Å². The van der Waals surface area contributed by atoms with E-state index in [0.29, 0.717) is 48.0 Å². The number of benzene rings is 3. The van der Waals surface area contributed by atoms with Crippen molar-refractivity contribution in [2.45, 2.75) is 44.6 Å². The number of pyridine rings is 1. The van der Waals surface area contributed by atoms with E-state index in [9.17, 15) is 24.0 Å². The minimum absolute atomic E-state index is 0.0197. The van der Waals surface area contributed by atoms with Gasteiger partial charge in [0.15, 0.2) is 0 Å². The molecule has 16 nitrogen and oxygen atoms in total. The number of aromatic nitrogens is 5. The van der Waals surface area contributed by atoms with Crippen LogP contribution in [0.2, 0.25) is 0 Å². The first-order valence-corrected chi connectivity index (χ1v) is 22.3. The van der Waals surface area contributed by atoms with Crippen molar-refractivity contribution < 1.29 is 28.4 Å². The summed E-state index contributed by atoms with van der Waals surface area (Å²) in [6.07, 6.45) is 9.14. The highest BCUT2D eigenvalue weighted by atomic mass is 19.1. The first-order chi connectivity index (χ1) is 31.6. The number of carbonyl (C=O) groups excluding carboxylic acids is 5. The van der Waals surface area contributed by atoms with Crippen molar-refractivity contribution in [1.29, 1.82) is 0 Å². The van der Waals surface area contributed by atoms with Crippen molar-refractivity contribution >= 4 is 51.9 Å². The zero-order valence-corrected chi connectivity index (χ0v) is 35.8. The number of nitrogens with zero attached hydrogens (tertiary/aromatic N) is 9. The van der Waals surface area contributed by atoms with Crippen molar-refractivity contribution in [1.82, 2.24) is 49.9 Å². The second-order valence-corrected chi connectivity index (χ2v) is 17.3. The Morgan fingerprint density at radius 3 is 2.42 bits per heavy atom. The van der Waals surface area contributed by atoms with E-state index < -0.39 is 41.4 Å². The summed E-state index contributed by atoms with van der Waals surface area (Å²) in [6, 6.07) is 18.9. The summed E-state index contributed by atoms with van der Waals surface area (Å²) in [5.74, 6) is -2.02. The zero-order valence-electron chi connectivity index (χ0n) is 35.8. The van der Waals surface area contributed by atoms with Gasteiger partial charge in [-0.25, -0.2) is 18.9 Å². The van der Waals surface area contributed by atoms with Crippen molar-refractivity contribution in [2.24, 2.45) is 5.92 Å². The van der Waals surface area contributed by atoms with Crippen LogP contribution in [0.1, 0.15) is 74.4 Å². The number of piperazine rings is 1. The van der Waals surface area contributed by atoms with Gasteiger partial charge in [0.2, 0.25) is 11.8 Å². The molecule has 0 aliphatic carbocycles. The normalized spacial score (nSPS) is 18.8. The molecule has 3 aromatic carbocycles. The van der Waals surface area contributed by atoms with Crippen molar-refractivity contribution in [3.63, 3.8) is 0 Å². The van der Waals surface area contributed by atoms with Gasteiger partial charge in [-0.3, -0.25) is 44.1 Å². The lowest BCUT2D eigenvalue weighted by Crippen LogP contribution is -2.54. The van der Waals surface area contributed by atoms with Crippen LogP contribution in [-0.2, 0) is 16.0 Å². The summed E-state index contributed by atoms with van der Waals surface area (Å²) in [6.45, 7) is 7.36. The highest BCUT2D eigenvalue weighted by molar-refractivity contribution is 6.23.